The van der Waals surface area contributed by atoms with Crippen LogP contribution in [0.4, 0.5) is 5.69 Å². The molecule has 1 atom stereocenters. The monoisotopic (exact) mass is 309 g/mol. The first-order valence-corrected chi connectivity index (χ1v) is 9.38. The highest BCUT2D eigenvalue weighted by Crippen LogP contribution is 2.34. The zero-order chi connectivity index (χ0) is 14.9. The first-order valence-electron chi connectivity index (χ1n) is 7.73. The van der Waals surface area contributed by atoms with Crippen LogP contribution in [0.5, 0.6) is 5.75 Å². The van der Waals surface area contributed by atoms with E-state index in [4.69, 9.17) is 4.74 Å². The zero-order valence-electron chi connectivity index (χ0n) is 12.5. The zero-order valence-corrected chi connectivity index (χ0v) is 13.3. The Morgan fingerprint density at radius 1 is 1.29 bits per heavy atom. The van der Waals surface area contributed by atoms with E-state index in [0.29, 0.717) is 12.2 Å². The number of fused-ring (bicyclic) bond motifs is 1. The van der Waals surface area contributed by atoms with E-state index in [1.54, 1.807) is 0 Å². The van der Waals surface area contributed by atoms with Crippen LogP contribution in [0.3, 0.4) is 0 Å². The van der Waals surface area contributed by atoms with Gasteiger partial charge in [0.05, 0.1) is 5.75 Å². The summed E-state index contributed by atoms with van der Waals surface area (Å²) in [7, 11) is -3.06. The largest absolute Gasteiger partial charge is 0.492 e. The Bertz CT molecular complexity index is 626. The number of hydrogen-bond donors (Lipinski definition) is 1. The molecule has 0 saturated carbocycles. The van der Waals surface area contributed by atoms with E-state index in [9.17, 15) is 8.42 Å². The summed E-state index contributed by atoms with van der Waals surface area (Å²) in [6, 6.07) is 5.97. The van der Waals surface area contributed by atoms with Crippen LogP contribution in [0, 0.1) is 0 Å². The molecule has 1 saturated heterocycles. The molecule has 2 aliphatic heterocycles. The van der Waals surface area contributed by atoms with Crippen molar-refractivity contribution >= 4 is 15.5 Å². The second kappa shape index (κ2) is 5.52. The van der Waals surface area contributed by atoms with Gasteiger partial charge in [0, 0.05) is 17.8 Å². The highest BCUT2D eigenvalue weighted by Gasteiger charge is 2.42. The maximum Gasteiger partial charge on any atom is 0.159 e. The van der Waals surface area contributed by atoms with E-state index in [0.717, 1.165) is 43.7 Å². The van der Waals surface area contributed by atoms with Crippen molar-refractivity contribution in [1.82, 2.24) is 0 Å². The molecule has 0 spiro atoms. The van der Waals surface area contributed by atoms with E-state index in [-0.39, 0.29) is 6.61 Å². The molecule has 1 aromatic rings. The van der Waals surface area contributed by atoms with E-state index < -0.39 is 14.6 Å². The Balaban J connectivity index is 1.79. The van der Waals surface area contributed by atoms with Crippen LogP contribution < -0.4 is 10.1 Å². The van der Waals surface area contributed by atoms with Gasteiger partial charge in [-0.15, -0.1) is 0 Å². The lowest BCUT2D eigenvalue weighted by Gasteiger charge is -2.33. The molecular formula is C16H23NO3S. The van der Waals surface area contributed by atoms with Gasteiger partial charge in [-0.2, -0.15) is 0 Å². The van der Waals surface area contributed by atoms with Gasteiger partial charge in [-0.25, -0.2) is 8.42 Å². The third-order valence-electron chi connectivity index (χ3n) is 4.70. The molecule has 1 fully saturated rings. The molecule has 0 amide bonds. The highest BCUT2D eigenvalue weighted by atomic mass is 32.2. The summed E-state index contributed by atoms with van der Waals surface area (Å²) in [6.07, 6.45) is 4.52. The van der Waals surface area contributed by atoms with Gasteiger partial charge in [-0.1, -0.05) is 12.5 Å². The van der Waals surface area contributed by atoms with Crippen molar-refractivity contribution in [2.24, 2.45) is 0 Å². The van der Waals surface area contributed by atoms with Crippen molar-refractivity contribution in [3.05, 3.63) is 23.8 Å². The fraction of sp³-hybridized carbons (Fsp3) is 0.625. The Kier molecular flexibility index (Phi) is 3.86. The molecule has 0 radical (unpaired) electrons. The van der Waals surface area contributed by atoms with Crippen LogP contribution >= 0.6 is 0 Å². The molecule has 0 aliphatic carbocycles. The predicted octanol–water partition coefficient (Wildman–Crippen LogP) is 2.78. The fourth-order valence-electron chi connectivity index (χ4n) is 3.20. The molecule has 1 aromatic carbocycles. The molecule has 0 bridgehead atoms. The molecule has 116 valence electrons. The van der Waals surface area contributed by atoms with Crippen molar-refractivity contribution in [3.8, 4) is 5.75 Å². The Morgan fingerprint density at radius 3 is 2.95 bits per heavy atom. The predicted molar refractivity (Wildman–Crippen MR) is 84.8 cm³/mol. The number of rotatable bonds is 3. The van der Waals surface area contributed by atoms with Gasteiger partial charge in [0.1, 0.15) is 17.1 Å². The summed E-state index contributed by atoms with van der Waals surface area (Å²) in [5.41, 5.74) is 2.30. The second-order valence-corrected chi connectivity index (χ2v) is 8.95. The lowest BCUT2D eigenvalue weighted by Crippen LogP contribution is -2.45. The summed E-state index contributed by atoms with van der Waals surface area (Å²) in [4.78, 5) is 0. The molecule has 4 nitrogen and oxygen atoms in total. The van der Waals surface area contributed by atoms with Gasteiger partial charge in [-0.05, 0) is 44.7 Å². The molecule has 0 aromatic heterocycles. The van der Waals surface area contributed by atoms with Crippen molar-refractivity contribution in [2.75, 3.05) is 24.2 Å². The smallest absolute Gasteiger partial charge is 0.159 e. The van der Waals surface area contributed by atoms with Crippen LogP contribution in [0.2, 0.25) is 0 Å². The van der Waals surface area contributed by atoms with E-state index in [1.807, 2.05) is 19.1 Å². The maximum absolute atomic E-state index is 12.3. The van der Waals surface area contributed by atoms with Gasteiger partial charge in [0.25, 0.3) is 0 Å². The van der Waals surface area contributed by atoms with Crippen molar-refractivity contribution in [2.45, 2.75) is 43.8 Å². The van der Waals surface area contributed by atoms with Gasteiger partial charge in [0.15, 0.2) is 9.84 Å². The van der Waals surface area contributed by atoms with Crippen LogP contribution in [0.1, 0.15) is 38.2 Å². The maximum atomic E-state index is 12.3. The van der Waals surface area contributed by atoms with E-state index in [1.165, 1.54) is 5.56 Å². The lowest BCUT2D eigenvalue weighted by molar-refractivity contribution is 0.255. The lowest BCUT2D eigenvalue weighted by atomic mass is 10.0. The summed E-state index contributed by atoms with van der Waals surface area (Å²) in [5.74, 6) is 1.13. The quantitative estimate of drug-likeness (QED) is 0.933. The van der Waals surface area contributed by atoms with E-state index in [2.05, 4.69) is 11.4 Å². The molecule has 2 aliphatic rings. The average molecular weight is 309 g/mol. The normalized spacial score (nSPS) is 27.5. The summed E-state index contributed by atoms with van der Waals surface area (Å²) < 4.78 is 29.9. The molecule has 21 heavy (non-hydrogen) atoms. The number of nitrogens with one attached hydrogen (secondary N) is 1. The number of ether oxygens (including phenoxy) is 1. The molecule has 1 unspecified atom stereocenters. The molecule has 1 N–H and O–H groups in total. The molecular weight excluding hydrogens is 286 g/mol. The summed E-state index contributed by atoms with van der Waals surface area (Å²) in [6.45, 7) is 3.07. The van der Waals surface area contributed by atoms with Gasteiger partial charge >= 0.3 is 0 Å². The topological polar surface area (TPSA) is 55.4 Å². The van der Waals surface area contributed by atoms with Crippen LogP contribution in [-0.2, 0) is 16.3 Å². The SMILES string of the molecule is CC1(COc2cccc3c2CCCN3)CCCCS1(=O)=O. The molecule has 5 heteroatoms. The number of benzene rings is 1. The van der Waals surface area contributed by atoms with Gasteiger partial charge in [-0.3, -0.25) is 0 Å². The fourth-order valence-corrected chi connectivity index (χ4v) is 4.97. The average Bonchev–Trinajstić information content (AvgIpc) is 2.48. The minimum absolute atomic E-state index is 0.256. The Hall–Kier alpha value is -1.23. The standard InChI is InChI=1S/C16H23NO3S/c1-16(9-2-3-11-21(16,18)19)12-20-15-8-4-7-14-13(15)6-5-10-17-14/h4,7-8,17H,2-3,5-6,9-12H2,1H3. The Labute approximate surface area is 126 Å². The minimum Gasteiger partial charge on any atom is -0.492 e. The Morgan fingerprint density at radius 2 is 2.14 bits per heavy atom. The minimum atomic E-state index is -3.06. The van der Waals surface area contributed by atoms with Crippen molar-refractivity contribution in [3.63, 3.8) is 0 Å². The first kappa shape index (κ1) is 14.7. The van der Waals surface area contributed by atoms with E-state index >= 15 is 0 Å². The molecule has 2 heterocycles. The summed E-state index contributed by atoms with van der Waals surface area (Å²) in [5, 5.41) is 3.37. The van der Waals surface area contributed by atoms with Crippen LogP contribution in [-0.4, -0.2) is 32.1 Å². The first-order chi connectivity index (χ1) is 10.0. The third-order valence-corrected chi connectivity index (χ3v) is 7.35. The van der Waals surface area contributed by atoms with Crippen LogP contribution in [0.15, 0.2) is 18.2 Å². The van der Waals surface area contributed by atoms with Crippen molar-refractivity contribution in [1.29, 1.82) is 0 Å². The highest BCUT2D eigenvalue weighted by molar-refractivity contribution is 7.92. The summed E-state index contributed by atoms with van der Waals surface area (Å²) >= 11 is 0. The van der Waals surface area contributed by atoms with Crippen molar-refractivity contribution < 1.29 is 13.2 Å². The second-order valence-electron chi connectivity index (χ2n) is 6.33. The van der Waals surface area contributed by atoms with Crippen LogP contribution in [0.25, 0.3) is 0 Å². The third kappa shape index (κ3) is 2.76. The van der Waals surface area contributed by atoms with Gasteiger partial charge < -0.3 is 10.1 Å². The van der Waals surface area contributed by atoms with Gasteiger partial charge in [0.2, 0.25) is 0 Å². The number of anilines is 1. The number of hydrogen-bond acceptors (Lipinski definition) is 4. The number of sulfone groups is 1. The molecule has 3 rings (SSSR count).